The fourth-order valence-corrected chi connectivity index (χ4v) is 3.87. The van der Waals surface area contributed by atoms with E-state index in [1.54, 1.807) is 0 Å². The van der Waals surface area contributed by atoms with E-state index >= 15 is 0 Å². The lowest BCUT2D eigenvalue weighted by atomic mass is 9.69. The van der Waals surface area contributed by atoms with Crippen LogP contribution in [0.15, 0.2) is 24.3 Å². The van der Waals surface area contributed by atoms with Crippen LogP contribution in [0.4, 0.5) is 0 Å². The largest absolute Gasteiger partial charge is 0.307 e. The van der Waals surface area contributed by atoms with Gasteiger partial charge in [-0.15, -0.1) is 0 Å². The number of rotatable bonds is 4. The van der Waals surface area contributed by atoms with Crippen LogP contribution in [0, 0.1) is 18.3 Å². The van der Waals surface area contributed by atoms with E-state index in [0.29, 0.717) is 17.5 Å². The standard InChI is InChI=1S/C20H33N/c1-6-18(16-13-11-15(2)12-14-16)21-19-10-8-7-9-17(19)20(3,4)5/h11-14,17-19,21H,6-10H2,1-5H3. The van der Waals surface area contributed by atoms with E-state index in [1.165, 1.54) is 36.8 Å². The zero-order valence-electron chi connectivity index (χ0n) is 14.6. The second-order valence-corrected chi connectivity index (χ2v) is 7.90. The van der Waals surface area contributed by atoms with Crippen LogP contribution >= 0.6 is 0 Å². The van der Waals surface area contributed by atoms with Gasteiger partial charge < -0.3 is 5.32 Å². The van der Waals surface area contributed by atoms with Crippen molar-refractivity contribution in [2.45, 2.75) is 78.8 Å². The minimum Gasteiger partial charge on any atom is -0.307 e. The van der Waals surface area contributed by atoms with Gasteiger partial charge in [0.2, 0.25) is 0 Å². The van der Waals surface area contributed by atoms with E-state index in [-0.39, 0.29) is 0 Å². The summed E-state index contributed by atoms with van der Waals surface area (Å²) in [6, 6.07) is 10.2. The summed E-state index contributed by atoms with van der Waals surface area (Å²) >= 11 is 0. The van der Waals surface area contributed by atoms with Gasteiger partial charge in [0.25, 0.3) is 0 Å². The molecule has 1 nitrogen and oxygen atoms in total. The van der Waals surface area contributed by atoms with Crippen molar-refractivity contribution in [3.63, 3.8) is 0 Å². The Morgan fingerprint density at radius 3 is 2.29 bits per heavy atom. The predicted molar refractivity (Wildman–Crippen MR) is 92.5 cm³/mol. The molecule has 0 amide bonds. The van der Waals surface area contributed by atoms with Gasteiger partial charge in [-0.05, 0) is 43.1 Å². The molecular formula is C20H33N. The highest BCUT2D eigenvalue weighted by Gasteiger charge is 2.34. The molecule has 0 aromatic heterocycles. The van der Waals surface area contributed by atoms with Gasteiger partial charge in [0.1, 0.15) is 0 Å². The Labute approximate surface area is 131 Å². The Hall–Kier alpha value is -0.820. The van der Waals surface area contributed by atoms with Crippen LogP contribution in [-0.2, 0) is 0 Å². The number of aryl methyl sites for hydroxylation is 1. The van der Waals surface area contributed by atoms with Gasteiger partial charge in [0.15, 0.2) is 0 Å². The fraction of sp³-hybridized carbons (Fsp3) is 0.700. The van der Waals surface area contributed by atoms with Crippen LogP contribution in [0.3, 0.4) is 0 Å². The van der Waals surface area contributed by atoms with Gasteiger partial charge in [-0.25, -0.2) is 0 Å². The summed E-state index contributed by atoms with van der Waals surface area (Å²) in [6.07, 6.45) is 6.67. The maximum absolute atomic E-state index is 4.00. The second-order valence-electron chi connectivity index (χ2n) is 7.90. The van der Waals surface area contributed by atoms with Gasteiger partial charge in [0.05, 0.1) is 0 Å². The van der Waals surface area contributed by atoms with Crippen molar-refractivity contribution in [3.05, 3.63) is 35.4 Å². The molecule has 1 saturated carbocycles. The summed E-state index contributed by atoms with van der Waals surface area (Å²) in [5.74, 6) is 0.797. The third-order valence-electron chi connectivity index (χ3n) is 5.18. The minimum absolute atomic E-state index is 0.406. The first kappa shape index (κ1) is 16.5. The molecule has 0 saturated heterocycles. The summed E-state index contributed by atoms with van der Waals surface area (Å²) in [6.45, 7) is 11.7. The molecule has 1 aliphatic rings. The van der Waals surface area contributed by atoms with Crippen LogP contribution in [0.1, 0.15) is 77.0 Å². The molecule has 1 aliphatic carbocycles. The van der Waals surface area contributed by atoms with Gasteiger partial charge in [-0.1, -0.05) is 70.4 Å². The molecule has 1 aromatic carbocycles. The average molecular weight is 287 g/mol. The summed E-state index contributed by atoms with van der Waals surface area (Å²) in [7, 11) is 0. The van der Waals surface area contributed by atoms with E-state index in [0.717, 1.165) is 12.3 Å². The van der Waals surface area contributed by atoms with Crippen molar-refractivity contribution in [1.29, 1.82) is 0 Å². The van der Waals surface area contributed by atoms with Gasteiger partial charge in [0, 0.05) is 12.1 Å². The summed E-state index contributed by atoms with van der Waals surface area (Å²) in [4.78, 5) is 0. The van der Waals surface area contributed by atoms with Crippen molar-refractivity contribution in [1.82, 2.24) is 5.32 Å². The average Bonchev–Trinajstić information content (AvgIpc) is 2.45. The molecule has 0 aliphatic heterocycles. The third kappa shape index (κ3) is 4.32. The minimum atomic E-state index is 0.406. The molecule has 0 radical (unpaired) electrons. The number of nitrogens with one attached hydrogen (secondary N) is 1. The summed E-state index contributed by atoms with van der Waals surface area (Å²) in [5.41, 5.74) is 3.20. The zero-order valence-corrected chi connectivity index (χ0v) is 14.6. The lowest BCUT2D eigenvalue weighted by Gasteiger charge is -2.42. The third-order valence-corrected chi connectivity index (χ3v) is 5.18. The normalized spacial score (nSPS) is 24.8. The monoisotopic (exact) mass is 287 g/mol. The molecule has 1 aromatic rings. The summed E-state index contributed by atoms with van der Waals surface area (Å²) < 4.78 is 0. The Morgan fingerprint density at radius 2 is 1.71 bits per heavy atom. The number of hydrogen-bond donors (Lipinski definition) is 1. The molecule has 3 atom stereocenters. The predicted octanol–water partition coefficient (Wildman–Crippen LogP) is 5.64. The Morgan fingerprint density at radius 1 is 1.10 bits per heavy atom. The van der Waals surface area contributed by atoms with Crippen molar-refractivity contribution in [3.8, 4) is 0 Å². The van der Waals surface area contributed by atoms with E-state index in [9.17, 15) is 0 Å². The molecule has 2 rings (SSSR count). The van der Waals surface area contributed by atoms with Crippen LogP contribution in [-0.4, -0.2) is 6.04 Å². The Kier molecular flexibility index (Phi) is 5.48. The highest BCUT2D eigenvalue weighted by molar-refractivity contribution is 5.24. The van der Waals surface area contributed by atoms with E-state index in [1.807, 2.05) is 0 Å². The first-order chi connectivity index (χ1) is 9.91. The number of hydrogen-bond acceptors (Lipinski definition) is 1. The lowest BCUT2D eigenvalue weighted by molar-refractivity contribution is 0.122. The molecule has 0 spiro atoms. The molecule has 118 valence electrons. The van der Waals surface area contributed by atoms with Crippen LogP contribution < -0.4 is 5.32 Å². The second kappa shape index (κ2) is 6.96. The van der Waals surface area contributed by atoms with Crippen LogP contribution in [0.5, 0.6) is 0 Å². The molecule has 3 unspecified atom stereocenters. The van der Waals surface area contributed by atoms with Crippen molar-refractivity contribution in [2.24, 2.45) is 11.3 Å². The molecule has 1 heteroatoms. The van der Waals surface area contributed by atoms with E-state index < -0.39 is 0 Å². The fourth-order valence-electron chi connectivity index (χ4n) is 3.87. The summed E-state index contributed by atoms with van der Waals surface area (Å²) in [5, 5.41) is 4.00. The van der Waals surface area contributed by atoms with Crippen molar-refractivity contribution in [2.75, 3.05) is 0 Å². The van der Waals surface area contributed by atoms with Gasteiger partial charge in [-0.3, -0.25) is 0 Å². The number of benzene rings is 1. The zero-order chi connectivity index (χ0) is 15.5. The van der Waals surface area contributed by atoms with E-state index in [4.69, 9.17) is 0 Å². The molecular weight excluding hydrogens is 254 g/mol. The van der Waals surface area contributed by atoms with Crippen molar-refractivity contribution >= 4 is 0 Å². The smallest absolute Gasteiger partial charge is 0.0320 e. The Balaban J connectivity index is 2.10. The van der Waals surface area contributed by atoms with Crippen molar-refractivity contribution < 1.29 is 0 Å². The first-order valence-electron chi connectivity index (χ1n) is 8.74. The highest BCUT2D eigenvalue weighted by atomic mass is 15.0. The SMILES string of the molecule is CCC(NC1CCCCC1C(C)(C)C)c1ccc(C)cc1. The van der Waals surface area contributed by atoms with Gasteiger partial charge in [-0.2, -0.15) is 0 Å². The molecule has 0 heterocycles. The first-order valence-corrected chi connectivity index (χ1v) is 8.74. The maximum Gasteiger partial charge on any atom is 0.0320 e. The Bertz CT molecular complexity index is 426. The molecule has 0 bridgehead atoms. The topological polar surface area (TPSA) is 12.0 Å². The molecule has 1 fully saturated rings. The van der Waals surface area contributed by atoms with Crippen LogP contribution in [0.2, 0.25) is 0 Å². The highest BCUT2D eigenvalue weighted by Crippen LogP contribution is 2.39. The lowest BCUT2D eigenvalue weighted by Crippen LogP contribution is -2.45. The molecule has 1 N–H and O–H groups in total. The van der Waals surface area contributed by atoms with E-state index in [2.05, 4.69) is 64.2 Å². The maximum atomic E-state index is 4.00. The molecule has 21 heavy (non-hydrogen) atoms. The quantitative estimate of drug-likeness (QED) is 0.755. The van der Waals surface area contributed by atoms with Crippen LogP contribution in [0.25, 0.3) is 0 Å². The van der Waals surface area contributed by atoms with Gasteiger partial charge >= 0.3 is 0 Å².